The van der Waals surface area contributed by atoms with Gasteiger partial charge in [0.1, 0.15) is 17.5 Å². The first-order valence-corrected chi connectivity index (χ1v) is 7.32. The van der Waals surface area contributed by atoms with Crippen molar-refractivity contribution in [1.29, 1.82) is 5.26 Å². The van der Waals surface area contributed by atoms with Crippen LogP contribution in [-0.4, -0.2) is 19.5 Å². The fourth-order valence-corrected chi connectivity index (χ4v) is 2.12. The van der Waals surface area contributed by atoms with Gasteiger partial charge >= 0.3 is 0 Å². The van der Waals surface area contributed by atoms with Crippen LogP contribution in [0, 0.1) is 17.1 Å². The number of methoxy groups -OCH3 is 1. The highest BCUT2D eigenvalue weighted by Gasteiger charge is 2.13. The Hall–Kier alpha value is -3.13. The number of rotatable bonds is 6. The normalized spacial score (nSPS) is 10.8. The molecule has 0 aliphatic rings. The van der Waals surface area contributed by atoms with Gasteiger partial charge in [0.25, 0.3) is 0 Å². The summed E-state index contributed by atoms with van der Waals surface area (Å²) >= 11 is 0. The fourth-order valence-electron chi connectivity index (χ4n) is 2.12. The lowest BCUT2D eigenvalue weighted by atomic mass is 10.0. The van der Waals surface area contributed by atoms with Crippen LogP contribution in [0.3, 0.4) is 0 Å². The first-order valence-electron chi connectivity index (χ1n) is 7.32. The van der Waals surface area contributed by atoms with E-state index in [1.165, 1.54) is 37.5 Å². The van der Waals surface area contributed by atoms with E-state index < -0.39 is 11.6 Å². The maximum Gasteiger partial charge on any atom is 0.203 e. The summed E-state index contributed by atoms with van der Waals surface area (Å²) in [4.78, 5) is 12.4. The zero-order chi connectivity index (χ0) is 17.5. The maximum atomic E-state index is 13.0. The second kappa shape index (κ2) is 7.93. The number of hydrogen-bond donors (Lipinski definition) is 0. The molecule has 122 valence electrons. The summed E-state index contributed by atoms with van der Waals surface area (Å²) in [6, 6.07) is 12.1. The highest BCUT2D eigenvalue weighted by Crippen LogP contribution is 2.29. The number of nitriles is 1. The van der Waals surface area contributed by atoms with Crippen molar-refractivity contribution in [3.05, 3.63) is 65.0 Å². The molecule has 0 aliphatic carbocycles. The van der Waals surface area contributed by atoms with E-state index in [2.05, 4.69) is 0 Å². The lowest BCUT2D eigenvalue weighted by molar-refractivity contribution is 0.104. The summed E-state index contributed by atoms with van der Waals surface area (Å²) in [5.74, 6) is 0.189. The summed E-state index contributed by atoms with van der Waals surface area (Å²) in [6.45, 7) is 2.31. The average Bonchev–Trinajstić information content (AvgIpc) is 2.60. The fraction of sp³-hybridized carbons (Fsp3) is 0.158. The number of allylic oxidation sites excluding steroid dienone is 1. The lowest BCUT2D eigenvalue weighted by Crippen LogP contribution is -2.02. The predicted molar refractivity (Wildman–Crippen MR) is 88.5 cm³/mol. The Morgan fingerprint density at radius 1 is 1.21 bits per heavy atom. The lowest BCUT2D eigenvalue weighted by Gasteiger charge is -2.09. The van der Waals surface area contributed by atoms with Crippen LogP contribution in [-0.2, 0) is 0 Å². The Balaban J connectivity index is 2.36. The molecule has 0 amide bonds. The van der Waals surface area contributed by atoms with Gasteiger partial charge in [-0.25, -0.2) is 4.39 Å². The molecule has 4 nitrogen and oxygen atoms in total. The predicted octanol–water partition coefficient (Wildman–Crippen LogP) is 4.02. The van der Waals surface area contributed by atoms with E-state index >= 15 is 0 Å². The van der Waals surface area contributed by atoms with Crippen LogP contribution in [0.4, 0.5) is 4.39 Å². The van der Waals surface area contributed by atoms with Gasteiger partial charge in [0, 0.05) is 5.56 Å². The number of ketones is 1. The highest BCUT2D eigenvalue weighted by molar-refractivity contribution is 6.14. The quantitative estimate of drug-likeness (QED) is 0.457. The SMILES string of the molecule is CCOc1cc(/C=C(\C#N)C(=O)c2ccc(F)cc2)ccc1OC. The van der Waals surface area contributed by atoms with Crippen LogP contribution >= 0.6 is 0 Å². The van der Waals surface area contributed by atoms with Crippen molar-refractivity contribution < 1.29 is 18.7 Å². The standard InChI is InChI=1S/C19H16FNO3/c1-3-24-18-11-13(4-9-17(18)23-2)10-15(12-21)19(22)14-5-7-16(20)8-6-14/h4-11H,3H2,1-2H3/b15-10+. The van der Waals surface area contributed by atoms with E-state index in [9.17, 15) is 14.4 Å². The van der Waals surface area contributed by atoms with Gasteiger partial charge in [-0.1, -0.05) is 6.07 Å². The van der Waals surface area contributed by atoms with Gasteiger partial charge in [-0.05, 0) is 55.0 Å². The molecule has 0 spiro atoms. The van der Waals surface area contributed by atoms with Crippen molar-refractivity contribution in [3.63, 3.8) is 0 Å². The van der Waals surface area contributed by atoms with E-state index in [4.69, 9.17) is 9.47 Å². The van der Waals surface area contributed by atoms with E-state index in [1.807, 2.05) is 13.0 Å². The third-order valence-corrected chi connectivity index (χ3v) is 3.27. The van der Waals surface area contributed by atoms with Gasteiger partial charge in [0.05, 0.1) is 13.7 Å². The van der Waals surface area contributed by atoms with E-state index in [0.29, 0.717) is 23.7 Å². The zero-order valence-electron chi connectivity index (χ0n) is 13.4. The monoisotopic (exact) mass is 325 g/mol. The van der Waals surface area contributed by atoms with Crippen LogP contribution in [0.1, 0.15) is 22.8 Å². The summed E-state index contributed by atoms with van der Waals surface area (Å²) in [5, 5.41) is 9.28. The number of carbonyl (C=O) groups is 1. The minimum absolute atomic E-state index is 0.0470. The van der Waals surface area contributed by atoms with Crippen molar-refractivity contribution in [2.75, 3.05) is 13.7 Å². The van der Waals surface area contributed by atoms with Crippen LogP contribution in [0.15, 0.2) is 48.0 Å². The molecule has 2 rings (SSSR count). The van der Waals surface area contributed by atoms with Gasteiger partial charge in [-0.2, -0.15) is 5.26 Å². The third-order valence-electron chi connectivity index (χ3n) is 3.27. The molecular weight excluding hydrogens is 309 g/mol. The molecule has 0 N–H and O–H groups in total. The molecule has 0 aromatic heterocycles. The Morgan fingerprint density at radius 2 is 1.92 bits per heavy atom. The summed E-state index contributed by atoms with van der Waals surface area (Å²) in [5.41, 5.74) is 0.836. The van der Waals surface area contributed by atoms with Gasteiger partial charge in [-0.15, -0.1) is 0 Å². The molecule has 0 saturated heterocycles. The van der Waals surface area contributed by atoms with Crippen LogP contribution in [0.25, 0.3) is 6.08 Å². The zero-order valence-corrected chi connectivity index (χ0v) is 13.4. The van der Waals surface area contributed by atoms with Crippen molar-refractivity contribution in [2.24, 2.45) is 0 Å². The second-order valence-corrected chi connectivity index (χ2v) is 4.85. The van der Waals surface area contributed by atoms with Gasteiger partial charge in [0.15, 0.2) is 11.5 Å². The Bertz CT molecular complexity index is 804. The molecule has 0 saturated carbocycles. The summed E-state index contributed by atoms with van der Waals surface area (Å²) in [6.07, 6.45) is 1.47. The Morgan fingerprint density at radius 3 is 2.50 bits per heavy atom. The molecule has 0 unspecified atom stereocenters. The number of benzene rings is 2. The van der Waals surface area contributed by atoms with Gasteiger partial charge in [-0.3, -0.25) is 4.79 Å². The second-order valence-electron chi connectivity index (χ2n) is 4.85. The molecule has 0 atom stereocenters. The third kappa shape index (κ3) is 3.99. The molecule has 0 heterocycles. The number of hydrogen-bond acceptors (Lipinski definition) is 4. The van der Waals surface area contributed by atoms with Crippen LogP contribution in [0.2, 0.25) is 0 Å². The number of carbonyl (C=O) groups excluding carboxylic acids is 1. The van der Waals surface area contributed by atoms with Crippen LogP contribution in [0.5, 0.6) is 11.5 Å². The number of nitrogens with zero attached hydrogens (tertiary/aromatic N) is 1. The largest absolute Gasteiger partial charge is 0.493 e. The van der Waals surface area contributed by atoms with E-state index in [-0.39, 0.29) is 11.1 Å². The summed E-state index contributed by atoms with van der Waals surface area (Å²) < 4.78 is 23.6. The molecular formula is C19H16FNO3. The topological polar surface area (TPSA) is 59.3 Å². The van der Waals surface area contributed by atoms with Crippen molar-refractivity contribution in [3.8, 4) is 17.6 Å². The van der Waals surface area contributed by atoms with Gasteiger partial charge in [0.2, 0.25) is 5.78 Å². The summed E-state index contributed by atoms with van der Waals surface area (Å²) in [7, 11) is 1.53. The van der Waals surface area contributed by atoms with Crippen molar-refractivity contribution >= 4 is 11.9 Å². The molecule has 0 bridgehead atoms. The number of ether oxygens (including phenoxy) is 2. The van der Waals surface area contributed by atoms with Gasteiger partial charge < -0.3 is 9.47 Å². The van der Waals surface area contributed by atoms with Crippen molar-refractivity contribution in [1.82, 2.24) is 0 Å². The molecule has 0 fully saturated rings. The van der Waals surface area contributed by atoms with Crippen molar-refractivity contribution in [2.45, 2.75) is 6.92 Å². The maximum absolute atomic E-state index is 13.0. The van der Waals surface area contributed by atoms with Crippen LogP contribution < -0.4 is 9.47 Å². The van der Waals surface area contributed by atoms with E-state index in [1.54, 1.807) is 18.2 Å². The molecule has 2 aromatic carbocycles. The molecule has 24 heavy (non-hydrogen) atoms. The highest BCUT2D eigenvalue weighted by atomic mass is 19.1. The van der Waals surface area contributed by atoms with E-state index in [0.717, 1.165) is 0 Å². The molecule has 5 heteroatoms. The molecule has 2 aromatic rings. The Labute approximate surface area is 139 Å². The average molecular weight is 325 g/mol. The number of halogens is 1. The molecule has 0 aliphatic heterocycles. The minimum Gasteiger partial charge on any atom is -0.493 e. The number of Topliss-reactive ketones (excluding diaryl/α,β-unsaturated/α-hetero) is 1. The Kier molecular flexibility index (Phi) is 5.69. The first kappa shape index (κ1) is 17.2. The smallest absolute Gasteiger partial charge is 0.203 e. The minimum atomic E-state index is -0.466. The first-order chi connectivity index (χ1) is 11.6. The molecule has 0 radical (unpaired) electrons.